The molecular weight excluding hydrogens is 360 g/mol. The Morgan fingerprint density at radius 1 is 0.926 bits per heavy atom. The van der Waals surface area contributed by atoms with Crippen LogP contribution in [0.15, 0.2) is 79.3 Å². The van der Waals surface area contributed by atoms with E-state index in [9.17, 15) is 4.79 Å². The van der Waals surface area contributed by atoms with Crippen LogP contribution in [0.5, 0.6) is 0 Å². The van der Waals surface area contributed by atoms with Gasteiger partial charge in [0.2, 0.25) is 0 Å². The molecule has 0 spiro atoms. The summed E-state index contributed by atoms with van der Waals surface area (Å²) in [5.41, 5.74) is 3.42. The van der Waals surface area contributed by atoms with Crippen LogP contribution in [-0.2, 0) is 0 Å². The minimum atomic E-state index is -0.250. The van der Waals surface area contributed by atoms with Crippen LogP contribution in [0.2, 0.25) is 5.02 Å². The highest BCUT2D eigenvalue weighted by Gasteiger charge is 2.10. The van der Waals surface area contributed by atoms with Crippen molar-refractivity contribution in [3.05, 3.63) is 89.8 Å². The maximum atomic E-state index is 12.7. The summed E-state index contributed by atoms with van der Waals surface area (Å²) in [5.74, 6) is -0.250. The van der Waals surface area contributed by atoms with Crippen LogP contribution in [0.4, 0.5) is 17.1 Å². The number of hydrogen-bond donors (Lipinski definition) is 2. The van der Waals surface area contributed by atoms with Gasteiger partial charge in [0.05, 0.1) is 28.7 Å². The molecule has 132 valence electrons. The Labute approximate surface area is 161 Å². The SMILES string of the molecule is O=C(Nc1cccc2cccnc12)c1cncc(Nc2ccc(Cl)cc2)c1. The average Bonchev–Trinajstić information content (AvgIpc) is 2.70. The monoisotopic (exact) mass is 374 g/mol. The lowest BCUT2D eigenvalue weighted by molar-refractivity contribution is 0.102. The zero-order chi connectivity index (χ0) is 18.6. The lowest BCUT2D eigenvalue weighted by Crippen LogP contribution is -2.13. The maximum Gasteiger partial charge on any atom is 0.257 e. The van der Waals surface area contributed by atoms with Crippen LogP contribution in [-0.4, -0.2) is 15.9 Å². The molecule has 5 nitrogen and oxygen atoms in total. The number of para-hydroxylation sites is 1. The predicted molar refractivity (Wildman–Crippen MR) is 109 cm³/mol. The van der Waals surface area contributed by atoms with E-state index in [0.29, 0.717) is 22.0 Å². The molecule has 27 heavy (non-hydrogen) atoms. The Bertz CT molecular complexity index is 1110. The summed E-state index contributed by atoms with van der Waals surface area (Å²) in [6, 6.07) is 18.5. The molecule has 2 N–H and O–H groups in total. The molecular formula is C21H15ClN4O. The van der Waals surface area contributed by atoms with Gasteiger partial charge in [-0.3, -0.25) is 14.8 Å². The van der Waals surface area contributed by atoms with E-state index in [4.69, 9.17) is 11.6 Å². The summed E-state index contributed by atoms with van der Waals surface area (Å²) < 4.78 is 0. The molecule has 0 aliphatic rings. The van der Waals surface area contributed by atoms with Crippen molar-refractivity contribution in [3.8, 4) is 0 Å². The predicted octanol–water partition coefficient (Wildman–Crippen LogP) is 5.28. The molecule has 0 fully saturated rings. The number of amides is 1. The zero-order valence-electron chi connectivity index (χ0n) is 14.2. The van der Waals surface area contributed by atoms with Gasteiger partial charge in [0.15, 0.2) is 0 Å². The maximum absolute atomic E-state index is 12.7. The van der Waals surface area contributed by atoms with Crippen molar-refractivity contribution >= 4 is 45.5 Å². The van der Waals surface area contributed by atoms with Gasteiger partial charge in [-0.15, -0.1) is 0 Å². The Balaban J connectivity index is 1.56. The average molecular weight is 375 g/mol. The third kappa shape index (κ3) is 3.88. The molecule has 0 aliphatic heterocycles. The lowest BCUT2D eigenvalue weighted by Gasteiger charge is -2.10. The van der Waals surface area contributed by atoms with Crippen molar-refractivity contribution < 1.29 is 4.79 Å². The largest absolute Gasteiger partial charge is 0.354 e. The number of rotatable bonds is 4. The van der Waals surface area contributed by atoms with Crippen LogP contribution < -0.4 is 10.6 Å². The highest BCUT2D eigenvalue weighted by molar-refractivity contribution is 6.30. The molecule has 0 bridgehead atoms. The van der Waals surface area contributed by atoms with E-state index in [1.54, 1.807) is 30.6 Å². The van der Waals surface area contributed by atoms with Crippen molar-refractivity contribution in [2.24, 2.45) is 0 Å². The number of benzene rings is 2. The zero-order valence-corrected chi connectivity index (χ0v) is 14.9. The summed E-state index contributed by atoms with van der Waals surface area (Å²) in [6.07, 6.45) is 4.89. The van der Waals surface area contributed by atoms with Crippen molar-refractivity contribution in [1.82, 2.24) is 9.97 Å². The molecule has 2 heterocycles. The van der Waals surface area contributed by atoms with Gasteiger partial charge in [0.1, 0.15) is 0 Å². The number of carbonyl (C=O) groups is 1. The fourth-order valence-electron chi connectivity index (χ4n) is 2.73. The fourth-order valence-corrected chi connectivity index (χ4v) is 2.86. The number of fused-ring (bicyclic) bond motifs is 1. The van der Waals surface area contributed by atoms with Gasteiger partial charge < -0.3 is 10.6 Å². The van der Waals surface area contributed by atoms with Crippen molar-refractivity contribution in [1.29, 1.82) is 0 Å². The summed E-state index contributed by atoms with van der Waals surface area (Å²) in [7, 11) is 0. The Morgan fingerprint density at radius 3 is 2.59 bits per heavy atom. The molecule has 0 radical (unpaired) electrons. The molecule has 4 aromatic rings. The van der Waals surface area contributed by atoms with E-state index in [2.05, 4.69) is 20.6 Å². The Hall–Kier alpha value is -3.44. The highest BCUT2D eigenvalue weighted by atomic mass is 35.5. The van der Waals surface area contributed by atoms with Gasteiger partial charge >= 0.3 is 0 Å². The molecule has 2 aromatic carbocycles. The third-order valence-electron chi connectivity index (χ3n) is 4.01. The van der Waals surface area contributed by atoms with E-state index < -0.39 is 0 Å². The van der Waals surface area contributed by atoms with Gasteiger partial charge in [0, 0.05) is 28.5 Å². The van der Waals surface area contributed by atoms with E-state index in [1.807, 2.05) is 42.5 Å². The molecule has 0 aliphatic carbocycles. The first-order chi connectivity index (χ1) is 13.2. The first-order valence-corrected chi connectivity index (χ1v) is 8.69. The number of pyridine rings is 2. The normalized spacial score (nSPS) is 10.6. The number of halogens is 1. The standard InChI is InChI=1S/C21H15ClN4O/c22-16-6-8-17(9-7-16)25-18-11-15(12-23-13-18)21(27)26-19-5-1-3-14-4-2-10-24-20(14)19/h1-13,25H,(H,26,27). The Morgan fingerprint density at radius 2 is 1.74 bits per heavy atom. The molecule has 0 saturated heterocycles. The third-order valence-corrected chi connectivity index (χ3v) is 4.27. The van der Waals surface area contributed by atoms with E-state index >= 15 is 0 Å². The molecule has 6 heteroatoms. The van der Waals surface area contributed by atoms with Crippen LogP contribution in [0.1, 0.15) is 10.4 Å². The summed E-state index contributed by atoms with van der Waals surface area (Å²) in [4.78, 5) is 21.2. The van der Waals surface area contributed by atoms with Crippen molar-refractivity contribution in [2.75, 3.05) is 10.6 Å². The molecule has 0 atom stereocenters. The van der Waals surface area contributed by atoms with Crippen LogP contribution in [0.25, 0.3) is 10.9 Å². The van der Waals surface area contributed by atoms with Crippen LogP contribution in [0.3, 0.4) is 0 Å². The van der Waals surface area contributed by atoms with Gasteiger partial charge in [-0.25, -0.2) is 0 Å². The smallest absolute Gasteiger partial charge is 0.257 e. The second-order valence-corrected chi connectivity index (χ2v) is 6.37. The molecule has 1 amide bonds. The van der Waals surface area contributed by atoms with E-state index in [0.717, 1.165) is 16.6 Å². The van der Waals surface area contributed by atoms with Gasteiger partial charge in [-0.1, -0.05) is 29.8 Å². The number of anilines is 3. The summed E-state index contributed by atoms with van der Waals surface area (Å²) in [6.45, 7) is 0. The number of nitrogens with one attached hydrogen (secondary N) is 2. The van der Waals surface area contributed by atoms with Crippen molar-refractivity contribution in [2.45, 2.75) is 0 Å². The second-order valence-electron chi connectivity index (χ2n) is 5.93. The number of aromatic nitrogens is 2. The minimum absolute atomic E-state index is 0.250. The van der Waals surface area contributed by atoms with E-state index in [-0.39, 0.29) is 5.91 Å². The lowest BCUT2D eigenvalue weighted by atomic mass is 10.1. The van der Waals surface area contributed by atoms with Gasteiger partial charge in [-0.2, -0.15) is 0 Å². The number of carbonyl (C=O) groups excluding carboxylic acids is 1. The first-order valence-electron chi connectivity index (χ1n) is 8.32. The Kier molecular flexibility index (Phi) is 4.68. The number of nitrogens with zero attached hydrogens (tertiary/aromatic N) is 2. The molecule has 2 aromatic heterocycles. The van der Waals surface area contributed by atoms with Gasteiger partial charge in [0.25, 0.3) is 5.91 Å². The molecule has 4 rings (SSSR count). The van der Waals surface area contributed by atoms with Crippen LogP contribution >= 0.6 is 11.6 Å². The van der Waals surface area contributed by atoms with Crippen LogP contribution in [0, 0.1) is 0 Å². The summed E-state index contributed by atoms with van der Waals surface area (Å²) in [5, 5.41) is 7.75. The second kappa shape index (κ2) is 7.43. The van der Waals surface area contributed by atoms with E-state index in [1.165, 1.54) is 6.20 Å². The quantitative estimate of drug-likeness (QED) is 0.510. The van der Waals surface area contributed by atoms with Crippen molar-refractivity contribution in [3.63, 3.8) is 0 Å². The molecule has 0 unspecified atom stereocenters. The number of hydrogen-bond acceptors (Lipinski definition) is 4. The first kappa shape index (κ1) is 17.0. The molecule has 0 saturated carbocycles. The fraction of sp³-hybridized carbons (Fsp3) is 0. The topological polar surface area (TPSA) is 66.9 Å². The highest BCUT2D eigenvalue weighted by Crippen LogP contribution is 2.22. The minimum Gasteiger partial charge on any atom is -0.354 e. The van der Waals surface area contributed by atoms with Gasteiger partial charge in [-0.05, 0) is 42.5 Å². The summed E-state index contributed by atoms with van der Waals surface area (Å²) >= 11 is 5.90.